The average Bonchev–Trinajstić information content (AvgIpc) is 3.24. The molecule has 2 aromatic carbocycles. The van der Waals surface area contributed by atoms with Gasteiger partial charge in [-0.25, -0.2) is 19.5 Å². The van der Waals surface area contributed by atoms with Crippen LogP contribution >= 0.6 is 0 Å². The maximum Gasteiger partial charge on any atom is 0.173 e. The van der Waals surface area contributed by atoms with Crippen LogP contribution in [0.3, 0.4) is 0 Å². The number of hydrogen-bond donors (Lipinski definition) is 1. The number of nitrogen functional groups attached to an aromatic ring is 1. The Morgan fingerprint density at radius 3 is 2.06 bits per heavy atom. The van der Waals surface area contributed by atoms with Crippen LogP contribution in [-0.2, 0) is 13.1 Å². The third-order valence-electron chi connectivity index (χ3n) is 5.78. The van der Waals surface area contributed by atoms with Gasteiger partial charge in [-0.05, 0) is 16.7 Å². The molecule has 34 heavy (non-hydrogen) atoms. The molecule has 0 aliphatic rings. The predicted octanol–water partition coefficient (Wildman–Crippen LogP) is 0.530. The van der Waals surface area contributed by atoms with Crippen LogP contribution in [0.25, 0.3) is 22.3 Å². The summed E-state index contributed by atoms with van der Waals surface area (Å²) in [6.45, 7) is 1.52. The van der Waals surface area contributed by atoms with Crippen molar-refractivity contribution in [1.82, 2.24) is 19.5 Å². The largest absolute Gasteiger partial charge is 1.00 e. The minimum Gasteiger partial charge on any atom is -1.00 e. The van der Waals surface area contributed by atoms with Crippen LogP contribution in [0.4, 0.5) is 11.5 Å². The first-order valence-corrected chi connectivity index (χ1v) is 10.8. The van der Waals surface area contributed by atoms with Crippen LogP contribution in [0.5, 0.6) is 0 Å². The van der Waals surface area contributed by atoms with Crippen LogP contribution in [0.2, 0.25) is 0 Å². The highest BCUT2D eigenvalue weighted by Crippen LogP contribution is 2.22. The Hall–Kier alpha value is -3.78. The van der Waals surface area contributed by atoms with Crippen LogP contribution < -0.4 is 32.2 Å². The summed E-state index contributed by atoms with van der Waals surface area (Å²) in [5, 5.41) is 0. The number of halogens is 1. The number of nitrogens with zero attached hydrogens (tertiary/aromatic N) is 6. The van der Waals surface area contributed by atoms with Crippen molar-refractivity contribution < 1.29 is 21.5 Å². The standard InChI is InChI=1S/C26H26N7.BrH/c1-31(2)23-11-13-32(14-12-23)15-19-3-7-21(8-4-19)22-9-5-20(6-10-22)16-33-18-30-24-25(27)28-17-29-26(24)33;/h3-14,17-18H,15-16H2,1-2H3,(H2,27,28,29);1H/q+1;/p-1. The summed E-state index contributed by atoms with van der Waals surface area (Å²) in [6, 6.07) is 21.6. The van der Waals surface area contributed by atoms with E-state index in [4.69, 9.17) is 5.73 Å². The Morgan fingerprint density at radius 2 is 1.44 bits per heavy atom. The Bertz CT molecular complexity index is 1380. The Morgan fingerprint density at radius 1 is 0.824 bits per heavy atom. The number of hydrogen-bond acceptors (Lipinski definition) is 5. The van der Waals surface area contributed by atoms with E-state index in [9.17, 15) is 0 Å². The third kappa shape index (κ3) is 4.92. The Kier molecular flexibility index (Phi) is 6.88. The van der Waals surface area contributed by atoms with Crippen molar-refractivity contribution in [2.24, 2.45) is 0 Å². The highest BCUT2D eigenvalue weighted by atomic mass is 79.9. The van der Waals surface area contributed by atoms with Crippen LogP contribution in [-0.4, -0.2) is 33.6 Å². The van der Waals surface area contributed by atoms with Gasteiger partial charge in [-0.3, -0.25) is 0 Å². The maximum atomic E-state index is 5.89. The molecule has 3 heterocycles. The number of benzene rings is 2. The fourth-order valence-corrected chi connectivity index (χ4v) is 3.88. The molecule has 172 valence electrons. The van der Waals surface area contributed by atoms with Gasteiger partial charge in [-0.15, -0.1) is 0 Å². The molecule has 5 rings (SSSR count). The molecule has 0 unspecified atom stereocenters. The van der Waals surface area contributed by atoms with Crippen molar-refractivity contribution in [1.29, 1.82) is 0 Å². The van der Waals surface area contributed by atoms with Crippen molar-refractivity contribution in [2.45, 2.75) is 13.1 Å². The van der Waals surface area contributed by atoms with Crippen LogP contribution in [0, 0.1) is 0 Å². The summed E-state index contributed by atoms with van der Waals surface area (Å²) in [5.41, 5.74) is 13.3. The van der Waals surface area contributed by atoms with Gasteiger partial charge in [-0.1, -0.05) is 48.5 Å². The first-order valence-electron chi connectivity index (χ1n) is 10.8. The van der Waals surface area contributed by atoms with Crippen molar-refractivity contribution in [3.8, 4) is 11.1 Å². The second-order valence-corrected chi connectivity index (χ2v) is 8.32. The zero-order valence-electron chi connectivity index (χ0n) is 19.1. The molecule has 0 radical (unpaired) electrons. The van der Waals surface area contributed by atoms with E-state index in [2.05, 4.69) is 112 Å². The van der Waals surface area contributed by atoms with Gasteiger partial charge >= 0.3 is 0 Å². The molecule has 0 aliphatic heterocycles. The summed E-state index contributed by atoms with van der Waals surface area (Å²) in [5.74, 6) is 0.404. The normalized spacial score (nSPS) is 10.8. The van der Waals surface area contributed by atoms with Crippen molar-refractivity contribution in [2.75, 3.05) is 24.7 Å². The van der Waals surface area contributed by atoms with E-state index in [0.717, 1.165) is 12.2 Å². The molecule has 8 heteroatoms. The molecule has 0 spiro atoms. The molecule has 0 fully saturated rings. The SMILES string of the molecule is CN(C)c1cc[n+](Cc2ccc(-c3ccc(Cn4cnc5c(N)ncnc54)cc3)cc2)cc1.[Br-]. The second kappa shape index (κ2) is 10.0. The molecule has 3 aromatic heterocycles. The molecule has 0 saturated heterocycles. The number of nitrogens with two attached hydrogens (primary N) is 1. The minimum absolute atomic E-state index is 0. The van der Waals surface area contributed by atoms with Gasteiger partial charge in [0.15, 0.2) is 30.4 Å². The fourth-order valence-electron chi connectivity index (χ4n) is 3.88. The number of fused-ring (bicyclic) bond motifs is 1. The van der Waals surface area contributed by atoms with E-state index >= 15 is 0 Å². The van der Waals surface area contributed by atoms with Crippen LogP contribution in [0.15, 0.2) is 85.7 Å². The topological polar surface area (TPSA) is 76.7 Å². The van der Waals surface area contributed by atoms with Crippen LogP contribution in [0.1, 0.15) is 11.1 Å². The van der Waals surface area contributed by atoms with E-state index in [0.29, 0.717) is 17.9 Å². The van der Waals surface area contributed by atoms with Gasteiger partial charge in [0.25, 0.3) is 0 Å². The maximum absolute atomic E-state index is 5.89. The number of aromatic nitrogens is 5. The highest BCUT2D eigenvalue weighted by molar-refractivity contribution is 5.81. The molecule has 0 saturated carbocycles. The van der Waals surface area contributed by atoms with E-state index in [1.807, 2.05) is 4.57 Å². The molecule has 7 nitrogen and oxygen atoms in total. The lowest BCUT2D eigenvalue weighted by Crippen LogP contribution is -3.00. The first kappa shape index (κ1) is 23.4. The lowest BCUT2D eigenvalue weighted by Gasteiger charge is -2.10. The second-order valence-electron chi connectivity index (χ2n) is 8.32. The molecular weight excluding hydrogens is 490 g/mol. The smallest absolute Gasteiger partial charge is 0.173 e. The van der Waals surface area contributed by atoms with Crippen molar-refractivity contribution in [3.63, 3.8) is 0 Å². The summed E-state index contributed by atoms with van der Waals surface area (Å²) in [6.07, 6.45) is 7.46. The monoisotopic (exact) mass is 515 g/mol. The number of rotatable bonds is 6. The van der Waals surface area contributed by atoms with Gasteiger partial charge in [0.2, 0.25) is 0 Å². The fraction of sp³-hybridized carbons (Fsp3) is 0.154. The Labute approximate surface area is 209 Å². The molecule has 0 aliphatic carbocycles. The van der Waals surface area contributed by atoms with E-state index in [1.165, 1.54) is 34.3 Å². The number of pyridine rings is 1. The van der Waals surface area contributed by atoms with E-state index in [1.54, 1.807) is 6.33 Å². The summed E-state index contributed by atoms with van der Waals surface area (Å²) in [4.78, 5) is 14.8. The third-order valence-corrected chi connectivity index (χ3v) is 5.78. The Balaban J connectivity index is 0.00000274. The van der Waals surface area contributed by atoms with Crippen molar-refractivity contribution >= 4 is 22.7 Å². The van der Waals surface area contributed by atoms with Gasteiger partial charge in [0.1, 0.15) is 11.8 Å². The lowest BCUT2D eigenvalue weighted by atomic mass is 10.0. The number of anilines is 2. The van der Waals surface area contributed by atoms with E-state index < -0.39 is 0 Å². The highest BCUT2D eigenvalue weighted by Gasteiger charge is 2.09. The molecule has 0 atom stereocenters. The minimum atomic E-state index is 0. The van der Waals surface area contributed by atoms with Gasteiger partial charge in [0, 0.05) is 37.5 Å². The summed E-state index contributed by atoms with van der Waals surface area (Å²) >= 11 is 0. The average molecular weight is 516 g/mol. The molecule has 2 N–H and O–H groups in total. The van der Waals surface area contributed by atoms with Gasteiger partial charge in [-0.2, -0.15) is 0 Å². The summed E-state index contributed by atoms with van der Waals surface area (Å²) < 4.78 is 4.18. The first-order chi connectivity index (χ1) is 16.1. The predicted molar refractivity (Wildman–Crippen MR) is 131 cm³/mol. The van der Waals surface area contributed by atoms with Crippen molar-refractivity contribution in [3.05, 3.63) is 96.8 Å². The zero-order valence-corrected chi connectivity index (χ0v) is 20.7. The molecular formula is C26H26BrN7. The van der Waals surface area contributed by atoms with E-state index in [-0.39, 0.29) is 17.0 Å². The number of imidazole rings is 1. The van der Waals surface area contributed by atoms with Gasteiger partial charge in [0.05, 0.1) is 12.9 Å². The molecule has 5 aromatic rings. The molecule has 0 bridgehead atoms. The molecule has 0 amide bonds. The lowest BCUT2D eigenvalue weighted by molar-refractivity contribution is -0.688. The quantitative estimate of drug-likeness (QED) is 0.334. The zero-order chi connectivity index (χ0) is 22.8. The van der Waals surface area contributed by atoms with Gasteiger partial charge < -0.3 is 32.2 Å². The summed E-state index contributed by atoms with van der Waals surface area (Å²) in [7, 11) is 4.10.